The van der Waals surface area contributed by atoms with Gasteiger partial charge in [0.1, 0.15) is 5.75 Å². The lowest BCUT2D eigenvalue weighted by atomic mass is 10.2. The first-order chi connectivity index (χ1) is 5.24. The van der Waals surface area contributed by atoms with Crippen molar-refractivity contribution >= 4 is 20.6 Å². The fourth-order valence-corrected chi connectivity index (χ4v) is 0.986. The van der Waals surface area contributed by atoms with E-state index in [1.54, 1.807) is 31.4 Å². The molecule has 0 aromatic heterocycles. The van der Waals surface area contributed by atoms with E-state index in [-0.39, 0.29) is 4.69 Å². The summed E-state index contributed by atoms with van der Waals surface area (Å²) in [7, 11) is 1.59. The van der Waals surface area contributed by atoms with Gasteiger partial charge in [0.2, 0.25) is 4.69 Å². The molecule has 1 aromatic rings. The number of hydrogen-bond donors (Lipinski definition) is 0. The quantitative estimate of drug-likeness (QED) is 0.707. The minimum atomic E-state index is -0.111. The van der Waals surface area contributed by atoms with E-state index in [0.717, 1.165) is 5.75 Å². The Hall–Kier alpha value is -0.830. The van der Waals surface area contributed by atoms with Crippen molar-refractivity contribution in [2.45, 2.75) is 0 Å². The van der Waals surface area contributed by atoms with Crippen LogP contribution in [0.15, 0.2) is 24.3 Å². The van der Waals surface area contributed by atoms with Gasteiger partial charge >= 0.3 is 0 Å². The largest absolute Gasteiger partial charge is 0.497 e. The van der Waals surface area contributed by atoms with E-state index in [2.05, 4.69) is 15.9 Å². The van der Waals surface area contributed by atoms with Crippen LogP contribution in [0.5, 0.6) is 5.75 Å². The van der Waals surface area contributed by atoms with Gasteiger partial charge < -0.3 is 4.74 Å². The van der Waals surface area contributed by atoms with E-state index < -0.39 is 0 Å². The van der Waals surface area contributed by atoms with E-state index >= 15 is 0 Å². The van der Waals surface area contributed by atoms with Crippen LogP contribution in [0.1, 0.15) is 10.4 Å². The monoisotopic (exact) mass is 214 g/mol. The van der Waals surface area contributed by atoms with E-state index in [0.29, 0.717) is 5.56 Å². The van der Waals surface area contributed by atoms with Crippen LogP contribution in [0.4, 0.5) is 0 Å². The van der Waals surface area contributed by atoms with Gasteiger partial charge in [-0.15, -0.1) is 0 Å². The Morgan fingerprint density at radius 3 is 2.27 bits per heavy atom. The van der Waals surface area contributed by atoms with Crippen LogP contribution in [0.2, 0.25) is 0 Å². The third-order valence-corrected chi connectivity index (χ3v) is 1.77. The van der Waals surface area contributed by atoms with Crippen molar-refractivity contribution in [1.29, 1.82) is 0 Å². The Balaban J connectivity index is 2.91. The molecule has 0 aliphatic heterocycles. The average molecular weight is 215 g/mol. The number of halogens is 1. The highest BCUT2D eigenvalue weighted by Crippen LogP contribution is 2.12. The number of rotatable bonds is 2. The molecule has 0 fully saturated rings. The molecule has 11 heavy (non-hydrogen) atoms. The molecule has 0 unspecified atom stereocenters. The first kappa shape index (κ1) is 8.27. The molecule has 0 saturated carbocycles. The molecular weight excluding hydrogens is 208 g/mol. The zero-order valence-corrected chi connectivity index (χ0v) is 7.59. The van der Waals surface area contributed by atoms with Gasteiger partial charge in [-0.2, -0.15) is 0 Å². The molecule has 0 radical (unpaired) electrons. The summed E-state index contributed by atoms with van der Waals surface area (Å²) in [5.74, 6) is 0.752. The van der Waals surface area contributed by atoms with Crippen molar-refractivity contribution in [2.24, 2.45) is 0 Å². The van der Waals surface area contributed by atoms with Gasteiger partial charge in [0, 0.05) is 5.56 Å². The summed E-state index contributed by atoms with van der Waals surface area (Å²) >= 11 is 2.85. The van der Waals surface area contributed by atoms with Crippen LogP contribution in [0, 0.1) is 0 Å². The number of methoxy groups -OCH3 is 1. The Morgan fingerprint density at radius 1 is 1.36 bits per heavy atom. The van der Waals surface area contributed by atoms with Gasteiger partial charge in [0.25, 0.3) is 0 Å². The fourth-order valence-electron chi connectivity index (χ4n) is 0.722. The zero-order chi connectivity index (χ0) is 8.27. The van der Waals surface area contributed by atoms with Crippen LogP contribution >= 0.6 is 15.9 Å². The summed E-state index contributed by atoms with van der Waals surface area (Å²) in [6, 6.07) is 6.90. The molecule has 1 rings (SSSR count). The van der Waals surface area contributed by atoms with Crippen LogP contribution in [-0.2, 0) is 0 Å². The third kappa shape index (κ3) is 2.05. The summed E-state index contributed by atoms with van der Waals surface area (Å²) in [6.07, 6.45) is 0. The molecule has 58 valence electrons. The minimum Gasteiger partial charge on any atom is -0.497 e. The van der Waals surface area contributed by atoms with Crippen molar-refractivity contribution in [1.82, 2.24) is 0 Å². The topological polar surface area (TPSA) is 26.3 Å². The minimum absolute atomic E-state index is 0.111. The van der Waals surface area contributed by atoms with Gasteiger partial charge in [-0.25, -0.2) is 0 Å². The van der Waals surface area contributed by atoms with Crippen LogP contribution < -0.4 is 4.74 Å². The molecule has 3 heteroatoms. The second-order valence-electron chi connectivity index (χ2n) is 2.00. The average Bonchev–Trinajstić information content (AvgIpc) is 2.05. The first-order valence-electron chi connectivity index (χ1n) is 3.08. The predicted molar refractivity (Wildman–Crippen MR) is 46.3 cm³/mol. The molecule has 0 saturated heterocycles. The lowest BCUT2D eigenvalue weighted by Gasteiger charge is -1.98. The molecule has 0 spiro atoms. The highest BCUT2D eigenvalue weighted by Gasteiger charge is 1.99. The Kier molecular flexibility index (Phi) is 2.65. The van der Waals surface area contributed by atoms with Crippen LogP contribution in [0.3, 0.4) is 0 Å². The molecule has 0 N–H and O–H groups in total. The molecule has 2 nitrogen and oxygen atoms in total. The van der Waals surface area contributed by atoms with Gasteiger partial charge in [-0.1, -0.05) is 0 Å². The van der Waals surface area contributed by atoms with Crippen LogP contribution in [0.25, 0.3) is 0 Å². The molecule has 0 heterocycles. The summed E-state index contributed by atoms with van der Waals surface area (Å²) < 4.78 is 4.81. The second kappa shape index (κ2) is 3.53. The molecule has 0 aliphatic carbocycles. The van der Waals surface area contributed by atoms with Gasteiger partial charge in [-0.3, -0.25) is 4.79 Å². The van der Waals surface area contributed by atoms with Crippen molar-refractivity contribution < 1.29 is 9.53 Å². The maximum absolute atomic E-state index is 10.7. The molecule has 0 amide bonds. The lowest BCUT2D eigenvalue weighted by molar-refractivity contribution is 0.109. The van der Waals surface area contributed by atoms with Crippen molar-refractivity contribution in [3.63, 3.8) is 0 Å². The number of carbonyl (C=O) groups is 1. The Labute approximate surface area is 73.3 Å². The number of ether oxygens (including phenoxy) is 1. The highest BCUT2D eigenvalue weighted by molar-refractivity contribution is 9.18. The first-order valence-corrected chi connectivity index (χ1v) is 3.87. The van der Waals surface area contributed by atoms with Crippen molar-refractivity contribution in [3.05, 3.63) is 29.8 Å². The highest BCUT2D eigenvalue weighted by atomic mass is 79.9. The predicted octanol–water partition coefficient (Wildman–Crippen LogP) is 2.23. The van der Waals surface area contributed by atoms with Crippen molar-refractivity contribution in [2.75, 3.05) is 7.11 Å². The summed E-state index contributed by atoms with van der Waals surface area (Å²) in [4.78, 5) is 10.7. The summed E-state index contributed by atoms with van der Waals surface area (Å²) in [6.45, 7) is 0. The fraction of sp³-hybridized carbons (Fsp3) is 0.125. The molecular formula is C8H7BrO2. The standard InChI is InChI=1S/C8H7BrO2/c1-11-7-4-2-6(3-5-7)8(9)10/h2-5H,1H3. The SMILES string of the molecule is COc1ccc(C(=O)Br)cc1. The molecule has 0 bridgehead atoms. The normalized spacial score (nSPS) is 9.27. The molecule has 0 aliphatic rings. The van der Waals surface area contributed by atoms with Gasteiger partial charge in [0.15, 0.2) is 0 Å². The number of carbonyl (C=O) groups excluding carboxylic acids is 1. The Morgan fingerprint density at radius 2 is 1.91 bits per heavy atom. The van der Waals surface area contributed by atoms with E-state index in [1.807, 2.05) is 0 Å². The maximum atomic E-state index is 10.7. The van der Waals surface area contributed by atoms with E-state index in [1.165, 1.54) is 0 Å². The van der Waals surface area contributed by atoms with Gasteiger partial charge in [0.05, 0.1) is 7.11 Å². The third-order valence-electron chi connectivity index (χ3n) is 1.32. The van der Waals surface area contributed by atoms with Crippen LogP contribution in [-0.4, -0.2) is 11.8 Å². The molecule has 0 atom stereocenters. The van der Waals surface area contributed by atoms with Gasteiger partial charge in [-0.05, 0) is 40.2 Å². The molecule has 1 aromatic carbocycles. The number of benzene rings is 1. The van der Waals surface area contributed by atoms with E-state index in [4.69, 9.17) is 4.74 Å². The Bertz CT molecular complexity index is 253. The maximum Gasteiger partial charge on any atom is 0.228 e. The summed E-state index contributed by atoms with van der Waals surface area (Å²) in [5, 5.41) is 0. The van der Waals surface area contributed by atoms with Crippen molar-refractivity contribution in [3.8, 4) is 5.75 Å². The summed E-state index contributed by atoms with van der Waals surface area (Å²) in [5.41, 5.74) is 0.630. The second-order valence-corrected chi connectivity index (χ2v) is 2.72. The zero-order valence-electron chi connectivity index (χ0n) is 6.00. The smallest absolute Gasteiger partial charge is 0.228 e. The van der Waals surface area contributed by atoms with E-state index in [9.17, 15) is 4.79 Å². The lowest BCUT2D eigenvalue weighted by Crippen LogP contribution is -1.87. The number of hydrogen-bond acceptors (Lipinski definition) is 2.